The Morgan fingerprint density at radius 3 is 2.92 bits per heavy atom. The number of fused-ring (bicyclic) bond motifs is 1. The zero-order valence-electron chi connectivity index (χ0n) is 6.88. The van der Waals surface area contributed by atoms with Crippen molar-refractivity contribution in [3.8, 4) is 0 Å². The topological polar surface area (TPSA) is 25.8 Å². The van der Waals surface area contributed by atoms with Crippen LogP contribution in [0.2, 0.25) is 0 Å². The third-order valence-corrected chi connectivity index (χ3v) is 2.48. The number of aryl methyl sites for hydroxylation is 1. The normalized spacial score (nSPS) is 10.7. The molecule has 0 saturated carbocycles. The Morgan fingerprint density at radius 2 is 2.15 bits per heavy atom. The molecule has 0 radical (unpaired) electrons. The fourth-order valence-corrected chi connectivity index (χ4v) is 1.56. The highest BCUT2D eigenvalue weighted by atomic mass is 79.9. The van der Waals surface area contributed by atoms with Gasteiger partial charge in [-0.05, 0) is 35.0 Å². The zero-order chi connectivity index (χ0) is 9.42. The molecule has 1 aromatic heterocycles. The highest BCUT2D eigenvalue weighted by Crippen LogP contribution is 2.23. The molecule has 0 fully saturated rings. The molecule has 13 heavy (non-hydrogen) atoms. The summed E-state index contributed by atoms with van der Waals surface area (Å²) in [4.78, 5) is 8.31. The fraction of sp³-hybridized carbons (Fsp3) is 0.111. The number of benzene rings is 1. The second-order valence-corrected chi connectivity index (χ2v) is 3.53. The van der Waals surface area contributed by atoms with E-state index in [1.807, 2.05) is 6.92 Å². The molecule has 0 bridgehead atoms. The van der Waals surface area contributed by atoms with E-state index in [0.717, 1.165) is 5.69 Å². The molecule has 0 saturated heterocycles. The molecule has 0 aliphatic carbocycles. The van der Waals surface area contributed by atoms with Crippen LogP contribution in [0.3, 0.4) is 0 Å². The number of aromatic nitrogens is 2. The fourth-order valence-electron chi connectivity index (χ4n) is 1.12. The monoisotopic (exact) mass is 240 g/mol. The highest BCUT2D eigenvalue weighted by Gasteiger charge is 2.06. The van der Waals surface area contributed by atoms with E-state index < -0.39 is 0 Å². The lowest BCUT2D eigenvalue weighted by Gasteiger charge is -2.00. The van der Waals surface area contributed by atoms with Crippen LogP contribution in [-0.4, -0.2) is 9.97 Å². The quantitative estimate of drug-likeness (QED) is 0.708. The standard InChI is InChI=1S/C9H6BrFN2/c1-5-4-12-9-7(13-5)3-2-6(11)8(9)10/h2-4H,1H3. The summed E-state index contributed by atoms with van der Waals surface area (Å²) in [5.74, 6) is -0.314. The zero-order valence-corrected chi connectivity index (χ0v) is 8.47. The summed E-state index contributed by atoms with van der Waals surface area (Å²) in [6.45, 7) is 1.85. The summed E-state index contributed by atoms with van der Waals surface area (Å²) in [5, 5.41) is 0. The van der Waals surface area contributed by atoms with Crippen LogP contribution in [0, 0.1) is 12.7 Å². The van der Waals surface area contributed by atoms with Crippen molar-refractivity contribution in [2.24, 2.45) is 0 Å². The molecule has 0 N–H and O–H groups in total. The van der Waals surface area contributed by atoms with Crippen molar-refractivity contribution in [2.45, 2.75) is 6.92 Å². The Kier molecular flexibility index (Phi) is 2.00. The Bertz CT molecular complexity index is 470. The maximum atomic E-state index is 13.0. The van der Waals surface area contributed by atoms with Gasteiger partial charge in [0.15, 0.2) is 0 Å². The molecular weight excluding hydrogens is 235 g/mol. The van der Waals surface area contributed by atoms with Gasteiger partial charge in [0.05, 0.1) is 15.7 Å². The Hall–Kier alpha value is -1.03. The first kappa shape index (κ1) is 8.56. The first-order valence-corrected chi connectivity index (χ1v) is 4.55. The van der Waals surface area contributed by atoms with Crippen LogP contribution in [0.4, 0.5) is 4.39 Å². The van der Waals surface area contributed by atoms with Crippen LogP contribution in [0.5, 0.6) is 0 Å². The largest absolute Gasteiger partial charge is 0.251 e. The number of hydrogen-bond acceptors (Lipinski definition) is 2. The maximum absolute atomic E-state index is 13.0. The summed E-state index contributed by atoms with van der Waals surface area (Å²) >= 11 is 3.13. The average molecular weight is 241 g/mol. The minimum atomic E-state index is -0.314. The first-order valence-electron chi connectivity index (χ1n) is 3.76. The minimum Gasteiger partial charge on any atom is -0.251 e. The lowest BCUT2D eigenvalue weighted by molar-refractivity contribution is 0.623. The molecule has 2 aromatic rings. The molecule has 2 rings (SSSR count). The number of hydrogen-bond donors (Lipinski definition) is 0. The Labute approximate surface area is 83.0 Å². The van der Waals surface area contributed by atoms with E-state index in [0.29, 0.717) is 15.5 Å². The number of halogens is 2. The molecular formula is C9H6BrFN2. The molecule has 1 aromatic carbocycles. The molecule has 0 atom stereocenters. The van der Waals surface area contributed by atoms with Crippen molar-refractivity contribution in [2.75, 3.05) is 0 Å². The molecule has 0 spiro atoms. The summed E-state index contributed by atoms with van der Waals surface area (Å²) < 4.78 is 13.4. The molecule has 0 amide bonds. The summed E-state index contributed by atoms with van der Waals surface area (Å²) in [7, 11) is 0. The summed E-state index contributed by atoms with van der Waals surface area (Å²) in [6.07, 6.45) is 1.62. The van der Waals surface area contributed by atoms with Crippen molar-refractivity contribution >= 4 is 27.0 Å². The van der Waals surface area contributed by atoms with Crippen molar-refractivity contribution < 1.29 is 4.39 Å². The van der Waals surface area contributed by atoms with Crippen LogP contribution in [-0.2, 0) is 0 Å². The summed E-state index contributed by atoms with van der Waals surface area (Å²) in [5.41, 5.74) is 2.09. The predicted molar refractivity (Wildman–Crippen MR) is 51.9 cm³/mol. The van der Waals surface area contributed by atoms with E-state index in [9.17, 15) is 4.39 Å². The van der Waals surface area contributed by atoms with Gasteiger partial charge in [-0.15, -0.1) is 0 Å². The van der Waals surface area contributed by atoms with Gasteiger partial charge in [0.2, 0.25) is 0 Å². The SMILES string of the molecule is Cc1cnc2c(Br)c(F)ccc2n1. The van der Waals surface area contributed by atoms with Crippen LogP contribution >= 0.6 is 15.9 Å². The molecule has 0 aliphatic heterocycles. The van der Waals surface area contributed by atoms with Crippen LogP contribution in [0.25, 0.3) is 11.0 Å². The van der Waals surface area contributed by atoms with Crippen LogP contribution < -0.4 is 0 Å². The third kappa shape index (κ3) is 1.42. The second-order valence-electron chi connectivity index (χ2n) is 2.74. The molecule has 0 aliphatic rings. The molecule has 4 heteroatoms. The molecule has 0 unspecified atom stereocenters. The van der Waals surface area contributed by atoms with Crippen molar-refractivity contribution in [1.29, 1.82) is 0 Å². The first-order chi connectivity index (χ1) is 6.18. The van der Waals surface area contributed by atoms with Crippen LogP contribution in [0.15, 0.2) is 22.8 Å². The predicted octanol–water partition coefficient (Wildman–Crippen LogP) is 2.84. The van der Waals surface area contributed by atoms with E-state index in [4.69, 9.17) is 0 Å². The van der Waals surface area contributed by atoms with Gasteiger partial charge in [-0.3, -0.25) is 4.98 Å². The van der Waals surface area contributed by atoms with Gasteiger partial charge in [-0.2, -0.15) is 0 Å². The number of nitrogens with zero attached hydrogens (tertiary/aromatic N) is 2. The number of rotatable bonds is 0. The maximum Gasteiger partial charge on any atom is 0.139 e. The second kappa shape index (κ2) is 3.03. The Balaban J connectivity index is 2.87. The highest BCUT2D eigenvalue weighted by molar-refractivity contribution is 9.10. The van der Waals surface area contributed by atoms with E-state index in [1.165, 1.54) is 6.07 Å². The van der Waals surface area contributed by atoms with Gasteiger partial charge in [-0.1, -0.05) is 0 Å². The van der Waals surface area contributed by atoms with E-state index in [-0.39, 0.29) is 5.82 Å². The van der Waals surface area contributed by atoms with Crippen molar-refractivity contribution in [3.05, 3.63) is 34.3 Å². The van der Waals surface area contributed by atoms with E-state index in [1.54, 1.807) is 12.3 Å². The van der Waals surface area contributed by atoms with Gasteiger partial charge in [0.25, 0.3) is 0 Å². The van der Waals surface area contributed by atoms with E-state index >= 15 is 0 Å². The third-order valence-electron chi connectivity index (χ3n) is 1.73. The van der Waals surface area contributed by atoms with Crippen LogP contribution in [0.1, 0.15) is 5.69 Å². The van der Waals surface area contributed by atoms with E-state index in [2.05, 4.69) is 25.9 Å². The van der Waals surface area contributed by atoms with Gasteiger partial charge < -0.3 is 0 Å². The van der Waals surface area contributed by atoms with Crippen molar-refractivity contribution in [3.63, 3.8) is 0 Å². The smallest absolute Gasteiger partial charge is 0.139 e. The lowest BCUT2D eigenvalue weighted by atomic mass is 10.3. The molecule has 1 heterocycles. The molecule has 2 nitrogen and oxygen atoms in total. The Morgan fingerprint density at radius 1 is 1.38 bits per heavy atom. The minimum absolute atomic E-state index is 0.314. The average Bonchev–Trinajstić information content (AvgIpc) is 2.12. The van der Waals surface area contributed by atoms with Gasteiger partial charge in [0, 0.05) is 6.20 Å². The molecule has 66 valence electrons. The van der Waals surface area contributed by atoms with Gasteiger partial charge in [-0.25, -0.2) is 9.37 Å². The van der Waals surface area contributed by atoms with Crippen molar-refractivity contribution in [1.82, 2.24) is 9.97 Å². The summed E-state index contributed by atoms with van der Waals surface area (Å²) in [6, 6.07) is 3.00. The van der Waals surface area contributed by atoms with Gasteiger partial charge >= 0.3 is 0 Å². The van der Waals surface area contributed by atoms with Gasteiger partial charge in [0.1, 0.15) is 11.3 Å². The lowest BCUT2D eigenvalue weighted by Crippen LogP contribution is -1.89.